The zero-order valence-corrected chi connectivity index (χ0v) is 17.6. The van der Waals surface area contributed by atoms with Crippen molar-refractivity contribution in [1.82, 2.24) is 10.3 Å². The number of rotatable bonds is 9. The number of Topliss-reactive ketones (excluding diaryl/α,β-unsaturated/α-hetero) is 1. The van der Waals surface area contributed by atoms with Crippen LogP contribution in [0.15, 0.2) is 52.9 Å². The Bertz CT molecular complexity index is 991. The number of nitrogens with two attached hydrogens (primary N) is 2. The lowest BCUT2D eigenvalue weighted by atomic mass is 9.96. The van der Waals surface area contributed by atoms with Crippen LogP contribution in [0.2, 0.25) is 0 Å². The first-order chi connectivity index (χ1) is 14.0. The van der Waals surface area contributed by atoms with E-state index in [1.54, 1.807) is 6.07 Å². The summed E-state index contributed by atoms with van der Waals surface area (Å²) >= 11 is 5.71. The molecule has 29 heavy (non-hydrogen) atoms. The van der Waals surface area contributed by atoms with Gasteiger partial charge < -0.3 is 16.8 Å². The average molecular weight is 429 g/mol. The number of hydrogen-bond donors (Lipinski definition) is 4. The molecular formula is C21H24N4O2S2. The van der Waals surface area contributed by atoms with Crippen molar-refractivity contribution in [2.75, 3.05) is 6.54 Å². The van der Waals surface area contributed by atoms with Gasteiger partial charge >= 0.3 is 0 Å². The molecule has 0 unspecified atom stereocenters. The highest BCUT2D eigenvalue weighted by molar-refractivity contribution is 7.82. The normalized spacial score (nSPS) is 13.2. The van der Waals surface area contributed by atoms with E-state index < -0.39 is 12.1 Å². The molecule has 5 N–H and O–H groups in total. The number of fused-ring (bicyclic) bond motifs is 1. The molecule has 0 saturated heterocycles. The Kier molecular flexibility index (Phi) is 7.38. The Morgan fingerprint density at radius 1 is 1.14 bits per heavy atom. The average Bonchev–Trinajstić information content (AvgIpc) is 3.11. The number of benzene rings is 2. The summed E-state index contributed by atoms with van der Waals surface area (Å²) < 4.78 is 1.47. The first-order valence-corrected chi connectivity index (χ1v) is 10.7. The minimum atomic E-state index is -0.746. The topological polar surface area (TPSA) is 111 Å². The Labute approximate surface area is 179 Å². The van der Waals surface area contributed by atoms with Crippen LogP contribution in [0, 0.1) is 0 Å². The molecule has 0 bridgehead atoms. The summed E-state index contributed by atoms with van der Waals surface area (Å²) in [5.41, 5.74) is 13.5. The molecule has 0 spiro atoms. The van der Waals surface area contributed by atoms with E-state index in [1.807, 2.05) is 42.5 Å². The van der Waals surface area contributed by atoms with Crippen LogP contribution >= 0.6 is 24.0 Å². The van der Waals surface area contributed by atoms with E-state index in [9.17, 15) is 9.59 Å². The maximum Gasteiger partial charge on any atom is 0.237 e. The van der Waals surface area contributed by atoms with Crippen LogP contribution in [-0.2, 0) is 11.2 Å². The minimum absolute atomic E-state index is 0.197. The Hall–Kier alpha value is -2.26. The maximum atomic E-state index is 13.4. The van der Waals surface area contributed by atoms with Crippen LogP contribution in [-0.4, -0.2) is 35.3 Å². The maximum absolute atomic E-state index is 13.4. The molecule has 2 aromatic carbocycles. The number of thiol groups is 1. The lowest BCUT2D eigenvalue weighted by Gasteiger charge is -2.20. The first-order valence-electron chi connectivity index (χ1n) is 9.42. The Morgan fingerprint density at radius 3 is 2.62 bits per heavy atom. The van der Waals surface area contributed by atoms with Gasteiger partial charge in [0.05, 0.1) is 22.3 Å². The zero-order chi connectivity index (χ0) is 20.8. The van der Waals surface area contributed by atoms with Crippen LogP contribution in [0.5, 0.6) is 0 Å². The molecule has 8 heteroatoms. The van der Waals surface area contributed by atoms with E-state index in [-0.39, 0.29) is 11.7 Å². The summed E-state index contributed by atoms with van der Waals surface area (Å²) in [6.45, 7) is 0.464. The highest BCUT2D eigenvalue weighted by Gasteiger charge is 2.27. The molecule has 0 aliphatic heterocycles. The predicted octanol–water partition coefficient (Wildman–Crippen LogP) is 2.56. The number of nitrogens with zero attached hydrogens (tertiary/aromatic N) is 1. The van der Waals surface area contributed by atoms with Crippen LogP contribution in [0.3, 0.4) is 0 Å². The predicted molar refractivity (Wildman–Crippen MR) is 120 cm³/mol. The number of nitrogens with one attached hydrogen (secondary N) is 1. The summed E-state index contributed by atoms with van der Waals surface area (Å²) in [7, 11) is 0. The van der Waals surface area contributed by atoms with Crippen molar-refractivity contribution in [3.05, 3.63) is 59.7 Å². The summed E-state index contributed by atoms with van der Waals surface area (Å²) in [6.07, 6.45) is 1.48. The first kappa shape index (κ1) is 21.4. The van der Waals surface area contributed by atoms with Gasteiger partial charge in [0.2, 0.25) is 5.91 Å². The smallest absolute Gasteiger partial charge is 0.237 e. The van der Waals surface area contributed by atoms with Gasteiger partial charge in [0.25, 0.3) is 0 Å². The fourth-order valence-corrected chi connectivity index (χ4v) is 4.26. The van der Waals surface area contributed by atoms with E-state index in [1.165, 1.54) is 11.3 Å². The molecule has 0 fully saturated rings. The van der Waals surface area contributed by atoms with E-state index in [0.717, 1.165) is 10.3 Å². The molecule has 1 heterocycles. The summed E-state index contributed by atoms with van der Waals surface area (Å²) in [4.78, 5) is 30.4. The molecule has 3 aromatic rings. The number of carbonyl (C=O) groups is 2. The molecule has 0 aliphatic rings. The highest BCUT2D eigenvalue weighted by Crippen LogP contribution is 2.28. The third-order valence-corrected chi connectivity index (χ3v) is 5.84. The van der Waals surface area contributed by atoms with Crippen molar-refractivity contribution >= 4 is 45.9 Å². The molecule has 0 radical (unpaired) electrons. The summed E-state index contributed by atoms with van der Waals surface area (Å²) in [5.74, 6) is -0.550. The quantitative estimate of drug-likeness (QED) is 0.309. The standard InChI is InChI=1S/C21H24N4O2S2/c22-11-5-9-15(23)20(27)24-16(12-13-6-2-1-3-7-13)19(26)14-8-4-10-17-18(14)25-21(28)29-17/h1-4,6-8,10,15-16H,5,9,11-12,22-23H2,(H,24,27)(H,25,28)/t15-,16-/m1/s1. The van der Waals surface area contributed by atoms with E-state index in [0.29, 0.717) is 41.2 Å². The van der Waals surface area contributed by atoms with E-state index in [2.05, 4.69) is 22.9 Å². The number of ketones is 1. The van der Waals surface area contributed by atoms with Crippen LogP contribution < -0.4 is 16.8 Å². The number of thiazole rings is 1. The number of para-hydroxylation sites is 1. The second-order valence-corrected chi connectivity index (χ2v) is 8.56. The number of amides is 1. The third kappa shape index (κ3) is 5.42. The van der Waals surface area contributed by atoms with Crippen LogP contribution in [0.25, 0.3) is 10.2 Å². The second-order valence-electron chi connectivity index (χ2n) is 6.80. The molecule has 1 aromatic heterocycles. The van der Waals surface area contributed by atoms with Crippen molar-refractivity contribution in [3.63, 3.8) is 0 Å². The van der Waals surface area contributed by atoms with Crippen molar-refractivity contribution in [3.8, 4) is 0 Å². The highest BCUT2D eigenvalue weighted by atomic mass is 32.2. The fourth-order valence-electron chi connectivity index (χ4n) is 3.13. The Morgan fingerprint density at radius 2 is 1.90 bits per heavy atom. The van der Waals surface area contributed by atoms with Gasteiger partial charge in [0, 0.05) is 12.0 Å². The van der Waals surface area contributed by atoms with Crippen LogP contribution in [0.1, 0.15) is 28.8 Å². The van der Waals surface area contributed by atoms with Gasteiger partial charge in [0.1, 0.15) is 4.34 Å². The van der Waals surface area contributed by atoms with Crippen molar-refractivity contribution in [2.24, 2.45) is 11.5 Å². The summed E-state index contributed by atoms with van der Waals surface area (Å²) in [5, 5.41) is 2.85. The molecule has 152 valence electrons. The lowest BCUT2D eigenvalue weighted by Crippen LogP contribution is -2.49. The van der Waals surface area contributed by atoms with Crippen molar-refractivity contribution in [1.29, 1.82) is 0 Å². The van der Waals surface area contributed by atoms with Gasteiger partial charge in [-0.1, -0.05) is 36.4 Å². The van der Waals surface area contributed by atoms with E-state index in [4.69, 9.17) is 11.5 Å². The van der Waals surface area contributed by atoms with Crippen molar-refractivity contribution in [2.45, 2.75) is 35.7 Å². The molecule has 3 rings (SSSR count). The second kappa shape index (κ2) is 9.98. The van der Waals surface area contributed by atoms with Crippen LogP contribution in [0.4, 0.5) is 0 Å². The van der Waals surface area contributed by atoms with Gasteiger partial charge in [0.15, 0.2) is 5.78 Å². The molecule has 2 atom stereocenters. The van der Waals surface area contributed by atoms with Gasteiger partial charge in [-0.05, 0) is 37.1 Å². The molecule has 0 saturated carbocycles. The third-order valence-electron chi connectivity index (χ3n) is 4.64. The number of hydrogen-bond acceptors (Lipinski definition) is 7. The van der Waals surface area contributed by atoms with Crippen molar-refractivity contribution < 1.29 is 9.59 Å². The lowest BCUT2D eigenvalue weighted by molar-refractivity contribution is -0.123. The molecule has 1 amide bonds. The fraction of sp³-hybridized carbons (Fsp3) is 0.286. The van der Waals surface area contributed by atoms with Gasteiger partial charge in [-0.25, -0.2) is 4.98 Å². The largest absolute Gasteiger partial charge is 0.344 e. The molecule has 6 nitrogen and oxygen atoms in total. The minimum Gasteiger partial charge on any atom is -0.344 e. The number of aromatic nitrogens is 1. The van der Waals surface area contributed by atoms with Gasteiger partial charge in [-0.2, -0.15) is 0 Å². The summed E-state index contributed by atoms with van der Waals surface area (Å²) in [6, 6.07) is 13.6. The SMILES string of the molecule is NCCC[C@@H](N)C(=O)N[C@H](Cc1ccccc1)C(=O)c1cccc2sc(S)nc12. The van der Waals surface area contributed by atoms with Gasteiger partial charge in [-0.15, -0.1) is 24.0 Å². The monoisotopic (exact) mass is 428 g/mol. The Balaban J connectivity index is 1.89. The van der Waals surface area contributed by atoms with Gasteiger partial charge in [-0.3, -0.25) is 9.59 Å². The molecule has 0 aliphatic carbocycles. The number of carbonyl (C=O) groups excluding carboxylic acids is 2. The molecular weight excluding hydrogens is 404 g/mol. The van der Waals surface area contributed by atoms with E-state index >= 15 is 0 Å². The zero-order valence-electron chi connectivity index (χ0n) is 15.9.